The van der Waals surface area contributed by atoms with Crippen LogP contribution >= 0.6 is 0 Å². The van der Waals surface area contributed by atoms with E-state index in [1.807, 2.05) is 0 Å². The molecule has 106 valence electrons. The van der Waals surface area contributed by atoms with E-state index in [9.17, 15) is 18.0 Å². The van der Waals surface area contributed by atoms with E-state index in [0.717, 1.165) is 10.7 Å². The van der Waals surface area contributed by atoms with Crippen LogP contribution < -0.4 is 0 Å². The molecule has 0 bridgehead atoms. The van der Waals surface area contributed by atoms with Gasteiger partial charge in [0.15, 0.2) is 0 Å². The molecule has 0 amide bonds. The van der Waals surface area contributed by atoms with Gasteiger partial charge in [-0.3, -0.25) is 4.79 Å². The number of halogens is 3. The zero-order valence-corrected chi connectivity index (χ0v) is 10.1. The van der Waals surface area contributed by atoms with E-state index in [0.29, 0.717) is 5.69 Å². The third-order valence-corrected chi connectivity index (χ3v) is 2.59. The standard InChI is InChI=1S/C12H10F3N3O2/c13-12(14,15)9-3-1-2-4-10(9)18-7-8(16-17-18)5-6-11(19)20/h1-4,7H,5-6H2,(H,19,20). The van der Waals surface area contributed by atoms with Crippen molar-refractivity contribution in [3.8, 4) is 5.69 Å². The topological polar surface area (TPSA) is 68.0 Å². The molecule has 0 aliphatic carbocycles. The summed E-state index contributed by atoms with van der Waals surface area (Å²) in [4.78, 5) is 10.4. The van der Waals surface area contributed by atoms with E-state index in [1.165, 1.54) is 24.4 Å². The Morgan fingerprint density at radius 2 is 2.00 bits per heavy atom. The lowest BCUT2D eigenvalue weighted by atomic mass is 10.1. The monoisotopic (exact) mass is 285 g/mol. The summed E-state index contributed by atoms with van der Waals surface area (Å²) < 4.78 is 39.6. The zero-order chi connectivity index (χ0) is 14.8. The second kappa shape index (κ2) is 5.32. The lowest BCUT2D eigenvalue weighted by molar-refractivity contribution is -0.138. The van der Waals surface area contributed by atoms with Crippen LogP contribution in [0.5, 0.6) is 0 Å². The summed E-state index contributed by atoms with van der Waals surface area (Å²) in [5.74, 6) is -1.00. The summed E-state index contributed by atoms with van der Waals surface area (Å²) >= 11 is 0. The van der Waals surface area contributed by atoms with Crippen molar-refractivity contribution >= 4 is 5.97 Å². The molecular formula is C12H10F3N3O2. The molecule has 1 heterocycles. The highest BCUT2D eigenvalue weighted by Crippen LogP contribution is 2.33. The Hall–Kier alpha value is -2.38. The minimum atomic E-state index is -4.50. The molecule has 0 aliphatic heterocycles. The molecule has 2 aromatic rings. The van der Waals surface area contributed by atoms with Gasteiger partial charge in [0, 0.05) is 6.42 Å². The molecule has 0 aliphatic rings. The maximum atomic E-state index is 12.9. The Kier molecular flexibility index (Phi) is 3.73. The van der Waals surface area contributed by atoms with Crippen LogP contribution in [0.2, 0.25) is 0 Å². The number of aryl methyl sites for hydroxylation is 1. The lowest BCUT2D eigenvalue weighted by Crippen LogP contribution is -2.10. The summed E-state index contributed by atoms with van der Waals surface area (Å²) in [5.41, 5.74) is -0.645. The van der Waals surface area contributed by atoms with Crippen molar-refractivity contribution in [2.75, 3.05) is 0 Å². The van der Waals surface area contributed by atoms with Gasteiger partial charge in [-0.1, -0.05) is 17.3 Å². The summed E-state index contributed by atoms with van der Waals surface area (Å²) in [7, 11) is 0. The van der Waals surface area contributed by atoms with Crippen LogP contribution in [0.1, 0.15) is 17.7 Å². The smallest absolute Gasteiger partial charge is 0.418 e. The molecule has 1 N–H and O–H groups in total. The number of rotatable bonds is 4. The minimum Gasteiger partial charge on any atom is -0.481 e. The van der Waals surface area contributed by atoms with E-state index < -0.39 is 17.7 Å². The third-order valence-electron chi connectivity index (χ3n) is 2.59. The van der Waals surface area contributed by atoms with Crippen LogP contribution in [-0.4, -0.2) is 26.1 Å². The molecule has 1 aromatic carbocycles. The van der Waals surface area contributed by atoms with Gasteiger partial charge in [0.2, 0.25) is 0 Å². The van der Waals surface area contributed by atoms with Crippen molar-refractivity contribution in [2.24, 2.45) is 0 Å². The molecule has 0 atom stereocenters. The minimum absolute atomic E-state index is 0.115. The third kappa shape index (κ3) is 3.14. The van der Waals surface area contributed by atoms with Gasteiger partial charge in [-0.15, -0.1) is 5.10 Å². The summed E-state index contributed by atoms with van der Waals surface area (Å²) in [6.45, 7) is 0. The van der Waals surface area contributed by atoms with Crippen LogP contribution in [0.3, 0.4) is 0 Å². The molecule has 20 heavy (non-hydrogen) atoms. The number of aliphatic carboxylic acids is 1. The van der Waals surface area contributed by atoms with Gasteiger partial charge < -0.3 is 5.11 Å². The Morgan fingerprint density at radius 3 is 2.65 bits per heavy atom. The molecule has 0 radical (unpaired) electrons. The molecule has 2 rings (SSSR count). The van der Waals surface area contributed by atoms with Crippen molar-refractivity contribution < 1.29 is 23.1 Å². The first kappa shape index (κ1) is 14.0. The Balaban J connectivity index is 2.31. The van der Waals surface area contributed by atoms with Crippen LogP contribution in [-0.2, 0) is 17.4 Å². The predicted molar refractivity (Wildman–Crippen MR) is 62.3 cm³/mol. The molecule has 8 heteroatoms. The molecule has 0 spiro atoms. The van der Waals surface area contributed by atoms with Gasteiger partial charge in [0.05, 0.1) is 29.6 Å². The van der Waals surface area contributed by atoms with Gasteiger partial charge in [-0.25, -0.2) is 4.68 Å². The van der Waals surface area contributed by atoms with Gasteiger partial charge in [0.25, 0.3) is 0 Å². The first-order valence-electron chi connectivity index (χ1n) is 5.67. The number of aromatic nitrogens is 3. The fraction of sp³-hybridized carbons (Fsp3) is 0.250. The number of nitrogens with zero attached hydrogens (tertiary/aromatic N) is 3. The van der Waals surface area contributed by atoms with Crippen molar-refractivity contribution in [3.05, 3.63) is 41.7 Å². The molecule has 0 unspecified atom stereocenters. The van der Waals surface area contributed by atoms with E-state index in [2.05, 4.69) is 10.3 Å². The summed E-state index contributed by atoms with van der Waals surface area (Å²) in [6, 6.07) is 4.98. The van der Waals surface area contributed by atoms with Crippen LogP contribution in [0.4, 0.5) is 13.2 Å². The van der Waals surface area contributed by atoms with Crippen molar-refractivity contribution in [1.82, 2.24) is 15.0 Å². The Labute approximate surface area is 111 Å². The van der Waals surface area contributed by atoms with E-state index in [4.69, 9.17) is 5.11 Å². The Bertz CT molecular complexity index is 622. The highest BCUT2D eigenvalue weighted by molar-refractivity contribution is 5.66. The SMILES string of the molecule is O=C(O)CCc1cn(-c2ccccc2C(F)(F)F)nn1. The number of carboxylic acid groups (broad SMARTS) is 1. The van der Waals surface area contributed by atoms with E-state index >= 15 is 0 Å². The highest BCUT2D eigenvalue weighted by Gasteiger charge is 2.33. The first-order valence-corrected chi connectivity index (χ1v) is 5.67. The molecule has 1 aromatic heterocycles. The van der Waals surface area contributed by atoms with Gasteiger partial charge >= 0.3 is 12.1 Å². The predicted octanol–water partition coefficient (Wildman–Crippen LogP) is 2.30. The van der Waals surface area contributed by atoms with E-state index in [1.54, 1.807) is 0 Å². The quantitative estimate of drug-likeness (QED) is 0.936. The second-order valence-electron chi connectivity index (χ2n) is 4.06. The number of carbonyl (C=O) groups is 1. The zero-order valence-electron chi connectivity index (χ0n) is 10.1. The summed E-state index contributed by atoms with van der Waals surface area (Å²) in [5, 5.41) is 15.8. The van der Waals surface area contributed by atoms with Gasteiger partial charge in [0.1, 0.15) is 0 Å². The van der Waals surface area contributed by atoms with Crippen LogP contribution in [0, 0.1) is 0 Å². The average molecular weight is 285 g/mol. The van der Waals surface area contributed by atoms with Gasteiger partial charge in [-0.05, 0) is 12.1 Å². The number of carboxylic acids is 1. The molecule has 0 saturated heterocycles. The molecular weight excluding hydrogens is 275 g/mol. The number of hydrogen-bond acceptors (Lipinski definition) is 3. The van der Waals surface area contributed by atoms with Crippen molar-refractivity contribution in [1.29, 1.82) is 0 Å². The molecule has 0 saturated carbocycles. The lowest BCUT2D eigenvalue weighted by Gasteiger charge is -2.11. The maximum Gasteiger partial charge on any atom is 0.418 e. The van der Waals surface area contributed by atoms with Crippen molar-refractivity contribution in [3.63, 3.8) is 0 Å². The highest BCUT2D eigenvalue weighted by atomic mass is 19.4. The second-order valence-corrected chi connectivity index (χ2v) is 4.06. The van der Waals surface area contributed by atoms with Gasteiger partial charge in [-0.2, -0.15) is 13.2 Å². The fourth-order valence-corrected chi connectivity index (χ4v) is 1.68. The maximum absolute atomic E-state index is 12.9. The number of hydrogen-bond donors (Lipinski definition) is 1. The number of benzene rings is 1. The summed E-state index contributed by atoms with van der Waals surface area (Å²) in [6.07, 6.45) is -3.24. The van der Waals surface area contributed by atoms with Crippen LogP contribution in [0.25, 0.3) is 5.69 Å². The first-order chi connectivity index (χ1) is 9.38. The van der Waals surface area contributed by atoms with Crippen molar-refractivity contribution in [2.45, 2.75) is 19.0 Å². The molecule has 5 nitrogen and oxygen atoms in total. The largest absolute Gasteiger partial charge is 0.481 e. The Morgan fingerprint density at radius 1 is 1.30 bits per heavy atom. The number of para-hydroxylation sites is 1. The average Bonchev–Trinajstić information content (AvgIpc) is 2.84. The van der Waals surface area contributed by atoms with Crippen LogP contribution in [0.15, 0.2) is 30.5 Å². The fourth-order valence-electron chi connectivity index (χ4n) is 1.68. The number of alkyl halides is 3. The molecule has 0 fully saturated rings. The van der Waals surface area contributed by atoms with E-state index in [-0.39, 0.29) is 18.5 Å². The normalized spacial score (nSPS) is 11.6.